The first-order valence-corrected chi connectivity index (χ1v) is 7.67. The first-order valence-electron chi connectivity index (χ1n) is 7.29. The Morgan fingerprint density at radius 1 is 1.14 bits per heavy atom. The maximum Gasteiger partial charge on any atom is 0.251 e. The minimum atomic E-state index is -0.109. The van der Waals surface area contributed by atoms with E-state index in [1.165, 1.54) is 19.3 Å². The molecular formula is C16H18ClN3O. The van der Waals surface area contributed by atoms with Gasteiger partial charge in [0.05, 0.1) is 5.69 Å². The molecule has 0 bridgehead atoms. The quantitative estimate of drug-likeness (QED) is 0.948. The minimum Gasteiger partial charge on any atom is -0.307 e. The van der Waals surface area contributed by atoms with Crippen molar-refractivity contribution in [2.75, 3.05) is 13.1 Å². The number of benzene rings is 1. The van der Waals surface area contributed by atoms with Crippen LogP contribution in [0.25, 0.3) is 11.4 Å². The molecule has 0 spiro atoms. The van der Waals surface area contributed by atoms with Gasteiger partial charge < -0.3 is 4.98 Å². The summed E-state index contributed by atoms with van der Waals surface area (Å²) in [7, 11) is 0. The summed E-state index contributed by atoms with van der Waals surface area (Å²) in [5.41, 5.74) is 1.59. The van der Waals surface area contributed by atoms with Gasteiger partial charge in [0, 0.05) is 23.2 Å². The van der Waals surface area contributed by atoms with E-state index in [-0.39, 0.29) is 5.56 Å². The average molecular weight is 304 g/mol. The highest BCUT2D eigenvalue weighted by Crippen LogP contribution is 2.18. The molecule has 0 radical (unpaired) electrons. The third-order valence-electron chi connectivity index (χ3n) is 3.75. The number of nitrogens with zero attached hydrogens (tertiary/aromatic N) is 2. The molecule has 0 atom stereocenters. The first kappa shape index (κ1) is 14.3. The number of likely N-dealkylation sites (tertiary alicyclic amines) is 1. The third-order valence-corrected chi connectivity index (χ3v) is 4.00. The number of nitrogens with one attached hydrogen (secondary N) is 1. The van der Waals surface area contributed by atoms with Crippen LogP contribution in [-0.2, 0) is 6.54 Å². The fourth-order valence-corrected chi connectivity index (χ4v) is 2.81. The molecule has 1 aromatic heterocycles. The van der Waals surface area contributed by atoms with Gasteiger partial charge in [0.1, 0.15) is 5.82 Å². The molecule has 0 amide bonds. The lowest BCUT2D eigenvalue weighted by Crippen LogP contribution is -2.30. The number of halogens is 1. The van der Waals surface area contributed by atoms with Crippen LogP contribution in [0.5, 0.6) is 0 Å². The molecule has 1 aliphatic heterocycles. The van der Waals surface area contributed by atoms with Gasteiger partial charge in [-0.25, -0.2) is 4.98 Å². The molecule has 2 aromatic rings. The standard InChI is InChI=1S/C16H18ClN3O/c17-13-6-4-12(5-7-13)16-18-14(10-15(21)19-16)11-20-8-2-1-3-9-20/h4-7,10H,1-3,8-9,11H2,(H,18,19,21). The molecule has 1 saturated heterocycles. The van der Waals surface area contributed by atoms with E-state index >= 15 is 0 Å². The van der Waals surface area contributed by atoms with Gasteiger partial charge in [-0.15, -0.1) is 0 Å². The Kier molecular flexibility index (Phi) is 4.36. The van der Waals surface area contributed by atoms with Gasteiger partial charge in [0.2, 0.25) is 0 Å². The van der Waals surface area contributed by atoms with Crippen molar-refractivity contribution >= 4 is 11.6 Å². The van der Waals surface area contributed by atoms with Crippen LogP contribution in [0.2, 0.25) is 5.02 Å². The van der Waals surface area contributed by atoms with Crippen molar-refractivity contribution in [1.29, 1.82) is 0 Å². The summed E-state index contributed by atoms with van der Waals surface area (Å²) in [5, 5.41) is 0.672. The van der Waals surface area contributed by atoms with Crippen LogP contribution in [0.1, 0.15) is 25.0 Å². The van der Waals surface area contributed by atoms with E-state index in [2.05, 4.69) is 14.9 Å². The summed E-state index contributed by atoms with van der Waals surface area (Å²) >= 11 is 5.89. The molecular weight excluding hydrogens is 286 g/mol. The highest BCUT2D eigenvalue weighted by molar-refractivity contribution is 6.30. The van der Waals surface area contributed by atoms with Crippen LogP contribution >= 0.6 is 11.6 Å². The number of piperidine rings is 1. The van der Waals surface area contributed by atoms with Crippen LogP contribution in [0.4, 0.5) is 0 Å². The fraction of sp³-hybridized carbons (Fsp3) is 0.375. The maximum absolute atomic E-state index is 11.9. The van der Waals surface area contributed by atoms with Crippen LogP contribution in [0, 0.1) is 0 Å². The Hall–Kier alpha value is -1.65. The Morgan fingerprint density at radius 2 is 1.86 bits per heavy atom. The van der Waals surface area contributed by atoms with E-state index in [9.17, 15) is 4.79 Å². The van der Waals surface area contributed by atoms with Crippen molar-refractivity contribution in [3.8, 4) is 11.4 Å². The van der Waals surface area contributed by atoms with Crippen molar-refractivity contribution in [2.45, 2.75) is 25.8 Å². The maximum atomic E-state index is 11.9. The number of hydrogen-bond donors (Lipinski definition) is 1. The molecule has 1 aliphatic rings. The molecule has 1 N–H and O–H groups in total. The molecule has 0 aliphatic carbocycles. The van der Waals surface area contributed by atoms with Gasteiger partial charge in [-0.05, 0) is 50.2 Å². The Balaban J connectivity index is 1.85. The lowest BCUT2D eigenvalue weighted by molar-refractivity contribution is 0.218. The fourth-order valence-electron chi connectivity index (χ4n) is 2.68. The minimum absolute atomic E-state index is 0.109. The van der Waals surface area contributed by atoms with E-state index in [0.717, 1.165) is 30.9 Å². The van der Waals surface area contributed by atoms with Gasteiger partial charge in [-0.2, -0.15) is 0 Å². The zero-order valence-corrected chi connectivity index (χ0v) is 12.6. The predicted octanol–water partition coefficient (Wildman–Crippen LogP) is 3.08. The number of hydrogen-bond acceptors (Lipinski definition) is 3. The number of aromatic amines is 1. The summed E-state index contributed by atoms with van der Waals surface area (Å²) in [6.45, 7) is 2.92. The molecule has 110 valence electrons. The van der Waals surface area contributed by atoms with Gasteiger partial charge in [-0.1, -0.05) is 18.0 Å². The highest BCUT2D eigenvalue weighted by atomic mass is 35.5. The van der Waals surface area contributed by atoms with Crippen molar-refractivity contribution in [1.82, 2.24) is 14.9 Å². The molecule has 2 heterocycles. The molecule has 0 unspecified atom stereocenters. The predicted molar refractivity (Wildman–Crippen MR) is 84.4 cm³/mol. The SMILES string of the molecule is O=c1cc(CN2CCCCC2)nc(-c2ccc(Cl)cc2)[nH]1. The number of aromatic nitrogens is 2. The average Bonchev–Trinajstić information content (AvgIpc) is 2.48. The molecule has 3 rings (SSSR count). The van der Waals surface area contributed by atoms with Crippen molar-refractivity contribution in [2.24, 2.45) is 0 Å². The van der Waals surface area contributed by atoms with Gasteiger partial charge in [0.25, 0.3) is 5.56 Å². The molecule has 1 fully saturated rings. The molecule has 0 saturated carbocycles. The lowest BCUT2D eigenvalue weighted by Gasteiger charge is -2.25. The van der Waals surface area contributed by atoms with Gasteiger partial charge in [-0.3, -0.25) is 9.69 Å². The largest absolute Gasteiger partial charge is 0.307 e. The highest BCUT2D eigenvalue weighted by Gasteiger charge is 2.12. The molecule has 4 nitrogen and oxygen atoms in total. The topological polar surface area (TPSA) is 49.0 Å². The summed E-state index contributed by atoms with van der Waals surface area (Å²) < 4.78 is 0. The summed E-state index contributed by atoms with van der Waals surface area (Å²) in [6, 6.07) is 8.92. The third kappa shape index (κ3) is 3.71. The van der Waals surface area contributed by atoms with Gasteiger partial charge >= 0.3 is 0 Å². The summed E-state index contributed by atoms with van der Waals surface area (Å²) in [6.07, 6.45) is 3.76. The normalized spacial score (nSPS) is 16.0. The van der Waals surface area contributed by atoms with Crippen molar-refractivity contribution in [3.63, 3.8) is 0 Å². The lowest BCUT2D eigenvalue weighted by atomic mass is 10.1. The zero-order chi connectivity index (χ0) is 14.7. The monoisotopic (exact) mass is 303 g/mol. The Labute approximate surface area is 128 Å². The molecule has 21 heavy (non-hydrogen) atoms. The second-order valence-electron chi connectivity index (χ2n) is 5.43. The van der Waals surface area contributed by atoms with Gasteiger partial charge in [0.15, 0.2) is 0 Å². The number of rotatable bonds is 3. The summed E-state index contributed by atoms with van der Waals surface area (Å²) in [4.78, 5) is 21.6. The Morgan fingerprint density at radius 3 is 2.57 bits per heavy atom. The zero-order valence-electron chi connectivity index (χ0n) is 11.8. The van der Waals surface area contributed by atoms with Crippen LogP contribution in [0.15, 0.2) is 35.1 Å². The van der Waals surface area contributed by atoms with Crippen LogP contribution in [-0.4, -0.2) is 28.0 Å². The van der Waals surface area contributed by atoms with E-state index in [0.29, 0.717) is 10.8 Å². The van der Waals surface area contributed by atoms with E-state index in [4.69, 9.17) is 11.6 Å². The molecule has 1 aromatic carbocycles. The van der Waals surface area contributed by atoms with Crippen LogP contribution < -0.4 is 5.56 Å². The van der Waals surface area contributed by atoms with E-state index in [1.54, 1.807) is 18.2 Å². The second-order valence-corrected chi connectivity index (χ2v) is 5.87. The smallest absolute Gasteiger partial charge is 0.251 e. The van der Waals surface area contributed by atoms with E-state index in [1.807, 2.05) is 12.1 Å². The Bertz CT molecular complexity index is 660. The van der Waals surface area contributed by atoms with E-state index < -0.39 is 0 Å². The van der Waals surface area contributed by atoms with Crippen LogP contribution in [0.3, 0.4) is 0 Å². The molecule has 5 heteroatoms. The second kappa shape index (κ2) is 6.41. The first-order chi connectivity index (χ1) is 10.2. The van der Waals surface area contributed by atoms with Crippen molar-refractivity contribution < 1.29 is 0 Å². The summed E-state index contributed by atoms with van der Waals surface area (Å²) in [5.74, 6) is 0.603. The van der Waals surface area contributed by atoms with Crippen molar-refractivity contribution in [3.05, 3.63) is 51.4 Å². The number of H-pyrrole nitrogens is 1.